The van der Waals surface area contributed by atoms with Crippen LogP contribution in [0.25, 0.3) is 0 Å². The van der Waals surface area contributed by atoms with Crippen molar-refractivity contribution in [2.45, 2.75) is 29.6 Å². The number of nitrogens with one attached hydrogen (secondary N) is 2. The van der Waals surface area contributed by atoms with Crippen LogP contribution in [0.15, 0.2) is 46.2 Å². The van der Waals surface area contributed by atoms with Crippen LogP contribution in [-0.2, 0) is 20.0 Å². The van der Waals surface area contributed by atoms with Crippen molar-refractivity contribution < 1.29 is 26.3 Å². The highest BCUT2D eigenvalue weighted by atomic mass is 32.2. The average Bonchev–Trinajstić information content (AvgIpc) is 2.67. The monoisotopic (exact) mass is 443 g/mol. The van der Waals surface area contributed by atoms with Crippen molar-refractivity contribution in [1.29, 1.82) is 0 Å². The molecule has 0 heterocycles. The van der Waals surface area contributed by atoms with Gasteiger partial charge in [-0.05, 0) is 36.8 Å². The molecule has 0 saturated heterocycles. The molecule has 2 aromatic carbocycles. The molecule has 0 spiro atoms. The average molecular weight is 444 g/mol. The number of unbranched alkanes of at least 4 members (excludes halogenated alkanes) is 1. The Morgan fingerprint density at radius 2 is 1.69 bits per heavy atom. The fraction of sp³-hybridized carbons (Fsp3) is 0.333. The van der Waals surface area contributed by atoms with Gasteiger partial charge in [0.25, 0.3) is 10.0 Å². The third kappa shape index (κ3) is 5.75. The van der Waals surface area contributed by atoms with Crippen molar-refractivity contribution in [3.8, 4) is 11.5 Å². The van der Waals surface area contributed by atoms with Gasteiger partial charge in [0.1, 0.15) is 16.4 Å². The van der Waals surface area contributed by atoms with E-state index in [1.54, 1.807) is 6.07 Å². The van der Waals surface area contributed by atoms with E-state index >= 15 is 0 Å². The first-order valence-electron chi connectivity index (χ1n) is 8.78. The lowest BCUT2D eigenvalue weighted by Crippen LogP contribution is -2.18. The number of sulfonamides is 2. The minimum absolute atomic E-state index is 0.0532. The Morgan fingerprint density at radius 1 is 0.966 bits per heavy atom. The lowest BCUT2D eigenvalue weighted by Gasteiger charge is -2.17. The van der Waals surface area contributed by atoms with Gasteiger partial charge < -0.3 is 14.8 Å². The van der Waals surface area contributed by atoms with Crippen LogP contribution >= 0.6 is 0 Å². The Bertz CT molecular complexity index is 1070. The molecule has 0 bridgehead atoms. The quantitative estimate of drug-likeness (QED) is 0.479. The van der Waals surface area contributed by atoms with E-state index in [0.29, 0.717) is 18.0 Å². The minimum atomic E-state index is -4.13. The van der Waals surface area contributed by atoms with Crippen LogP contribution in [0.2, 0.25) is 0 Å². The van der Waals surface area contributed by atoms with Gasteiger partial charge in [0, 0.05) is 12.6 Å². The second kappa shape index (κ2) is 9.33. The molecule has 0 fully saturated rings. The molecule has 0 unspecified atom stereocenters. The molecule has 0 aliphatic heterocycles. The predicted octanol–water partition coefficient (Wildman–Crippen LogP) is 2.36. The molecule has 0 radical (unpaired) electrons. The molecule has 29 heavy (non-hydrogen) atoms. The van der Waals surface area contributed by atoms with Crippen molar-refractivity contribution in [1.82, 2.24) is 0 Å². The van der Waals surface area contributed by atoms with Crippen LogP contribution < -0.4 is 24.7 Å². The Kier molecular flexibility index (Phi) is 7.33. The zero-order valence-electron chi connectivity index (χ0n) is 16.4. The molecule has 0 aliphatic rings. The summed E-state index contributed by atoms with van der Waals surface area (Å²) in [6.07, 6.45) is 1.79. The molecule has 0 saturated carbocycles. The number of primary sulfonamides is 1. The predicted molar refractivity (Wildman–Crippen MR) is 112 cm³/mol. The number of anilines is 2. The lowest BCUT2D eigenvalue weighted by molar-refractivity contribution is 0.392. The van der Waals surface area contributed by atoms with E-state index in [0.717, 1.165) is 12.8 Å². The van der Waals surface area contributed by atoms with Gasteiger partial charge in [-0.25, -0.2) is 22.0 Å². The second-order valence-corrected chi connectivity index (χ2v) is 9.37. The molecular formula is C18H25N3O6S2. The summed E-state index contributed by atoms with van der Waals surface area (Å²) < 4.78 is 62.2. The van der Waals surface area contributed by atoms with Crippen molar-refractivity contribution >= 4 is 31.4 Å². The van der Waals surface area contributed by atoms with E-state index in [1.165, 1.54) is 44.6 Å². The largest absolute Gasteiger partial charge is 0.497 e. The van der Waals surface area contributed by atoms with Crippen molar-refractivity contribution in [3.05, 3.63) is 36.4 Å². The number of hydrogen-bond acceptors (Lipinski definition) is 7. The van der Waals surface area contributed by atoms with Crippen LogP contribution in [0.3, 0.4) is 0 Å². The first-order valence-corrected chi connectivity index (χ1v) is 11.8. The SMILES string of the molecule is CCCCNc1ccc(S(N)(=O)=O)cc1NS(=O)(=O)c1cc(OC)ccc1OC. The first-order chi connectivity index (χ1) is 13.6. The summed E-state index contributed by atoms with van der Waals surface area (Å²) in [6, 6.07) is 8.30. The van der Waals surface area contributed by atoms with E-state index < -0.39 is 20.0 Å². The van der Waals surface area contributed by atoms with Gasteiger partial charge in [-0.1, -0.05) is 13.3 Å². The minimum Gasteiger partial charge on any atom is -0.497 e. The molecule has 9 nitrogen and oxygen atoms in total. The summed E-state index contributed by atoms with van der Waals surface area (Å²) in [5.41, 5.74) is 0.480. The van der Waals surface area contributed by atoms with Gasteiger partial charge >= 0.3 is 0 Å². The third-order valence-electron chi connectivity index (χ3n) is 4.07. The van der Waals surface area contributed by atoms with Crippen molar-refractivity contribution in [2.75, 3.05) is 30.8 Å². The highest BCUT2D eigenvalue weighted by molar-refractivity contribution is 7.93. The number of ether oxygens (including phenoxy) is 2. The number of nitrogens with two attached hydrogens (primary N) is 1. The molecular weight excluding hydrogens is 418 g/mol. The summed E-state index contributed by atoms with van der Waals surface area (Å²) in [5.74, 6) is 0.437. The zero-order chi connectivity index (χ0) is 21.7. The third-order valence-corrected chi connectivity index (χ3v) is 6.37. The van der Waals surface area contributed by atoms with E-state index in [2.05, 4.69) is 10.0 Å². The molecule has 0 amide bonds. The highest BCUT2D eigenvalue weighted by Gasteiger charge is 2.23. The fourth-order valence-corrected chi connectivity index (χ4v) is 4.33. The van der Waals surface area contributed by atoms with Gasteiger partial charge in [-0.2, -0.15) is 0 Å². The molecule has 160 valence electrons. The number of rotatable bonds is 10. The van der Waals surface area contributed by atoms with Crippen molar-refractivity contribution in [2.24, 2.45) is 5.14 Å². The van der Waals surface area contributed by atoms with E-state index in [9.17, 15) is 16.8 Å². The molecule has 2 rings (SSSR count). The summed E-state index contributed by atoms with van der Waals surface area (Å²) in [6.45, 7) is 2.60. The topological polar surface area (TPSA) is 137 Å². The Morgan fingerprint density at radius 3 is 2.28 bits per heavy atom. The first kappa shape index (κ1) is 22.8. The van der Waals surface area contributed by atoms with Crippen LogP contribution in [0.1, 0.15) is 19.8 Å². The van der Waals surface area contributed by atoms with Crippen LogP contribution in [0.5, 0.6) is 11.5 Å². The van der Waals surface area contributed by atoms with Gasteiger partial charge in [0.15, 0.2) is 0 Å². The molecule has 4 N–H and O–H groups in total. The fourth-order valence-electron chi connectivity index (χ4n) is 2.53. The maximum absolute atomic E-state index is 13.0. The lowest BCUT2D eigenvalue weighted by atomic mass is 10.2. The summed E-state index contributed by atoms with van der Waals surface area (Å²) in [5, 5.41) is 8.29. The maximum Gasteiger partial charge on any atom is 0.265 e. The van der Waals surface area contributed by atoms with Crippen molar-refractivity contribution in [3.63, 3.8) is 0 Å². The Balaban J connectivity index is 2.52. The van der Waals surface area contributed by atoms with Gasteiger partial charge in [0.05, 0.1) is 30.5 Å². The van der Waals surface area contributed by atoms with E-state index in [-0.39, 0.29) is 21.2 Å². The van der Waals surface area contributed by atoms with E-state index in [4.69, 9.17) is 14.6 Å². The van der Waals surface area contributed by atoms with Gasteiger partial charge in [0.2, 0.25) is 10.0 Å². The molecule has 0 aromatic heterocycles. The number of benzene rings is 2. The summed E-state index contributed by atoms with van der Waals surface area (Å²) in [4.78, 5) is -0.367. The number of hydrogen-bond donors (Lipinski definition) is 3. The molecule has 11 heteroatoms. The number of methoxy groups -OCH3 is 2. The van der Waals surface area contributed by atoms with Gasteiger partial charge in [-0.3, -0.25) is 4.72 Å². The summed E-state index contributed by atoms with van der Waals surface area (Å²) in [7, 11) is -5.39. The van der Waals surface area contributed by atoms with Crippen LogP contribution in [-0.4, -0.2) is 37.6 Å². The Hall–Kier alpha value is -2.50. The second-order valence-electron chi connectivity index (χ2n) is 6.16. The normalized spacial score (nSPS) is 11.7. The van der Waals surface area contributed by atoms with Crippen LogP contribution in [0, 0.1) is 0 Å². The van der Waals surface area contributed by atoms with Gasteiger partial charge in [-0.15, -0.1) is 0 Å². The standard InChI is InChI=1S/C18H25N3O6S2/c1-4-5-10-20-15-8-7-14(28(19,22)23)12-16(15)21-29(24,25)18-11-13(26-2)6-9-17(18)27-3/h6-9,11-12,20-21H,4-5,10H2,1-3H3,(H2,19,22,23). The smallest absolute Gasteiger partial charge is 0.265 e. The zero-order valence-corrected chi connectivity index (χ0v) is 18.1. The maximum atomic E-state index is 13.0. The summed E-state index contributed by atoms with van der Waals surface area (Å²) >= 11 is 0. The molecule has 0 atom stereocenters. The molecule has 0 aliphatic carbocycles. The van der Waals surface area contributed by atoms with Crippen LogP contribution in [0.4, 0.5) is 11.4 Å². The molecule has 2 aromatic rings. The van der Waals surface area contributed by atoms with E-state index in [1.807, 2.05) is 6.92 Å². The Labute approximate surface area is 171 Å². The highest BCUT2D eigenvalue weighted by Crippen LogP contribution is 2.32.